The summed E-state index contributed by atoms with van der Waals surface area (Å²) in [5.41, 5.74) is -0.103. The van der Waals surface area contributed by atoms with Crippen LogP contribution < -0.4 is 9.47 Å². The first-order valence-electron chi connectivity index (χ1n) is 5.74. The average molecular weight is 232 g/mol. The first kappa shape index (κ1) is 11.7. The Labute approximate surface area is 101 Å². The molecule has 0 atom stereocenters. The normalized spacial score (nSPS) is 15.2. The Morgan fingerprint density at radius 2 is 2.12 bits per heavy atom. The summed E-state index contributed by atoms with van der Waals surface area (Å²) in [6.45, 7) is 5.80. The molecule has 0 radical (unpaired) electrons. The lowest BCUT2D eigenvalue weighted by Crippen LogP contribution is -2.24. The third-order valence-corrected chi connectivity index (χ3v) is 2.20. The molecule has 0 aromatic carbocycles. The molecule has 2 rings (SSSR count). The lowest BCUT2D eigenvalue weighted by Gasteiger charge is -2.23. The molecular formula is C13H16N2O2. The molecule has 4 heteroatoms. The van der Waals surface area contributed by atoms with Gasteiger partial charge in [0.05, 0.1) is 6.10 Å². The molecule has 0 N–H and O–H groups in total. The molecule has 1 aliphatic carbocycles. The minimum absolute atomic E-state index is 0.270. The Bertz CT molecular complexity index is 453. The third kappa shape index (κ3) is 3.10. The van der Waals surface area contributed by atoms with Crippen molar-refractivity contribution in [1.29, 1.82) is 5.26 Å². The fraction of sp³-hybridized carbons (Fsp3) is 0.538. The van der Waals surface area contributed by atoms with E-state index in [0.29, 0.717) is 11.5 Å². The van der Waals surface area contributed by atoms with Crippen LogP contribution >= 0.6 is 0 Å². The van der Waals surface area contributed by atoms with Gasteiger partial charge in [-0.2, -0.15) is 5.26 Å². The van der Waals surface area contributed by atoms with Crippen LogP contribution in [0.25, 0.3) is 0 Å². The number of pyridine rings is 1. The molecule has 90 valence electrons. The van der Waals surface area contributed by atoms with Crippen LogP contribution in [0, 0.1) is 11.3 Å². The van der Waals surface area contributed by atoms with Gasteiger partial charge in [-0.05, 0) is 33.6 Å². The van der Waals surface area contributed by atoms with Gasteiger partial charge in [0.1, 0.15) is 11.7 Å². The van der Waals surface area contributed by atoms with Crippen LogP contribution in [0.4, 0.5) is 0 Å². The van der Waals surface area contributed by atoms with E-state index >= 15 is 0 Å². The van der Waals surface area contributed by atoms with E-state index in [0.717, 1.165) is 12.8 Å². The van der Waals surface area contributed by atoms with Gasteiger partial charge in [-0.3, -0.25) is 0 Å². The molecule has 0 amide bonds. The largest absolute Gasteiger partial charge is 0.486 e. The third-order valence-electron chi connectivity index (χ3n) is 2.20. The van der Waals surface area contributed by atoms with Gasteiger partial charge < -0.3 is 9.47 Å². The predicted octanol–water partition coefficient (Wildman–Crippen LogP) is 2.67. The minimum Gasteiger partial charge on any atom is -0.486 e. The van der Waals surface area contributed by atoms with Crippen LogP contribution in [0.2, 0.25) is 0 Å². The Morgan fingerprint density at radius 3 is 2.65 bits per heavy atom. The minimum atomic E-state index is -0.379. The van der Waals surface area contributed by atoms with E-state index < -0.39 is 0 Å². The summed E-state index contributed by atoms with van der Waals surface area (Å²) in [6, 6.07) is 3.79. The maximum absolute atomic E-state index is 9.04. The van der Waals surface area contributed by atoms with Crippen LogP contribution in [0.5, 0.6) is 11.5 Å². The molecular weight excluding hydrogens is 216 g/mol. The highest BCUT2D eigenvalue weighted by molar-refractivity contribution is 5.48. The van der Waals surface area contributed by atoms with Crippen molar-refractivity contribution >= 4 is 0 Å². The maximum Gasteiger partial charge on any atom is 0.198 e. The van der Waals surface area contributed by atoms with Gasteiger partial charge in [0, 0.05) is 12.3 Å². The van der Waals surface area contributed by atoms with Crippen LogP contribution in [-0.4, -0.2) is 16.7 Å². The fourth-order valence-corrected chi connectivity index (χ4v) is 1.37. The lowest BCUT2D eigenvalue weighted by molar-refractivity contribution is 0.121. The average Bonchev–Trinajstić information content (AvgIpc) is 3.02. The van der Waals surface area contributed by atoms with E-state index in [9.17, 15) is 0 Å². The smallest absolute Gasteiger partial charge is 0.198 e. The number of rotatable bonds is 3. The van der Waals surface area contributed by atoms with Gasteiger partial charge in [0.25, 0.3) is 0 Å². The molecule has 0 spiro atoms. The molecule has 1 aromatic heterocycles. The highest BCUT2D eigenvalue weighted by atomic mass is 16.5. The second kappa shape index (κ2) is 4.25. The molecule has 1 aromatic rings. The SMILES string of the molecule is CC(C)(C)Oc1c(OC2CC2)ccnc1C#N. The zero-order valence-electron chi connectivity index (χ0n) is 10.4. The summed E-state index contributed by atoms with van der Waals surface area (Å²) >= 11 is 0. The molecule has 0 bridgehead atoms. The molecule has 1 fully saturated rings. The Balaban J connectivity index is 2.32. The zero-order chi connectivity index (χ0) is 12.5. The second-order valence-corrected chi connectivity index (χ2v) is 5.13. The van der Waals surface area contributed by atoms with E-state index in [4.69, 9.17) is 14.7 Å². The summed E-state index contributed by atoms with van der Waals surface area (Å²) in [5.74, 6) is 1.07. The van der Waals surface area contributed by atoms with Crippen molar-refractivity contribution in [1.82, 2.24) is 4.98 Å². The number of aromatic nitrogens is 1. The van der Waals surface area contributed by atoms with Crippen LogP contribution in [0.15, 0.2) is 12.3 Å². The van der Waals surface area contributed by atoms with E-state index in [-0.39, 0.29) is 17.4 Å². The summed E-state index contributed by atoms with van der Waals surface area (Å²) < 4.78 is 11.5. The summed E-state index contributed by atoms with van der Waals surface area (Å²) in [6.07, 6.45) is 3.98. The monoisotopic (exact) mass is 232 g/mol. The van der Waals surface area contributed by atoms with Crippen molar-refractivity contribution in [2.45, 2.75) is 45.3 Å². The number of hydrogen-bond acceptors (Lipinski definition) is 4. The van der Waals surface area contributed by atoms with Crippen molar-refractivity contribution in [2.75, 3.05) is 0 Å². The standard InChI is InChI=1S/C13H16N2O2/c1-13(2,3)17-12-10(8-14)15-7-6-11(12)16-9-4-5-9/h6-7,9H,4-5H2,1-3H3. The highest BCUT2D eigenvalue weighted by Crippen LogP contribution is 2.36. The molecule has 0 saturated heterocycles. The number of nitriles is 1. The lowest BCUT2D eigenvalue weighted by atomic mass is 10.2. The summed E-state index contributed by atoms with van der Waals surface area (Å²) in [5, 5.41) is 9.04. The van der Waals surface area contributed by atoms with Crippen molar-refractivity contribution in [2.24, 2.45) is 0 Å². The van der Waals surface area contributed by atoms with Gasteiger partial charge in [-0.25, -0.2) is 4.98 Å². The number of nitrogens with zero attached hydrogens (tertiary/aromatic N) is 2. The molecule has 0 unspecified atom stereocenters. The number of hydrogen-bond donors (Lipinski definition) is 0. The van der Waals surface area contributed by atoms with E-state index in [2.05, 4.69) is 4.98 Å². The van der Waals surface area contributed by atoms with Gasteiger partial charge in [0.15, 0.2) is 17.2 Å². The predicted molar refractivity (Wildman–Crippen MR) is 63.0 cm³/mol. The molecule has 1 aliphatic rings. The summed E-state index contributed by atoms with van der Waals surface area (Å²) in [4.78, 5) is 4.00. The van der Waals surface area contributed by atoms with Gasteiger partial charge in [-0.15, -0.1) is 0 Å². The molecule has 4 nitrogen and oxygen atoms in total. The van der Waals surface area contributed by atoms with Gasteiger partial charge in [0.2, 0.25) is 0 Å². The first-order chi connectivity index (χ1) is 7.99. The number of ether oxygens (including phenoxy) is 2. The summed E-state index contributed by atoms with van der Waals surface area (Å²) in [7, 11) is 0. The molecule has 17 heavy (non-hydrogen) atoms. The maximum atomic E-state index is 9.04. The van der Waals surface area contributed by atoms with Crippen molar-refractivity contribution in [3.8, 4) is 17.6 Å². The van der Waals surface area contributed by atoms with E-state index in [1.807, 2.05) is 26.8 Å². The topological polar surface area (TPSA) is 55.1 Å². The van der Waals surface area contributed by atoms with Crippen LogP contribution in [0.1, 0.15) is 39.3 Å². The first-order valence-corrected chi connectivity index (χ1v) is 5.74. The fourth-order valence-electron chi connectivity index (χ4n) is 1.37. The van der Waals surface area contributed by atoms with Crippen LogP contribution in [0.3, 0.4) is 0 Å². The van der Waals surface area contributed by atoms with Crippen LogP contribution in [-0.2, 0) is 0 Å². The quantitative estimate of drug-likeness (QED) is 0.804. The zero-order valence-corrected chi connectivity index (χ0v) is 10.4. The Kier molecular flexibility index (Phi) is 2.93. The molecule has 0 aliphatic heterocycles. The molecule has 1 saturated carbocycles. The van der Waals surface area contributed by atoms with Crippen molar-refractivity contribution in [3.05, 3.63) is 18.0 Å². The van der Waals surface area contributed by atoms with Gasteiger partial charge >= 0.3 is 0 Å². The van der Waals surface area contributed by atoms with E-state index in [1.54, 1.807) is 12.3 Å². The van der Waals surface area contributed by atoms with Crippen molar-refractivity contribution in [3.63, 3.8) is 0 Å². The van der Waals surface area contributed by atoms with E-state index in [1.165, 1.54) is 0 Å². The molecule has 1 heterocycles. The highest BCUT2D eigenvalue weighted by Gasteiger charge is 2.27. The Hall–Kier alpha value is -1.76. The Morgan fingerprint density at radius 1 is 1.41 bits per heavy atom. The van der Waals surface area contributed by atoms with Crippen molar-refractivity contribution < 1.29 is 9.47 Å². The second-order valence-electron chi connectivity index (χ2n) is 5.13. The van der Waals surface area contributed by atoms with Gasteiger partial charge in [-0.1, -0.05) is 0 Å².